The summed E-state index contributed by atoms with van der Waals surface area (Å²) < 4.78 is 12.9. The number of benzene rings is 2. The van der Waals surface area contributed by atoms with Gasteiger partial charge >= 0.3 is 0 Å². The topological polar surface area (TPSA) is 75.4 Å². The number of halogens is 1. The number of carbonyl (C=O) groups excluding carboxylic acids is 2. The molecule has 140 valence electrons. The Labute approximate surface area is 157 Å². The molecular formula is C21H22FN3O2. The molecule has 1 aliphatic heterocycles. The Balaban J connectivity index is 1.53. The van der Waals surface area contributed by atoms with Crippen LogP contribution in [0.1, 0.15) is 18.4 Å². The predicted molar refractivity (Wildman–Crippen MR) is 105 cm³/mol. The van der Waals surface area contributed by atoms with Crippen LogP contribution >= 0.6 is 0 Å². The number of nitrogens with one attached hydrogen (secondary N) is 1. The van der Waals surface area contributed by atoms with E-state index in [4.69, 9.17) is 5.73 Å². The van der Waals surface area contributed by atoms with Crippen LogP contribution in [-0.2, 0) is 9.59 Å². The van der Waals surface area contributed by atoms with Crippen molar-refractivity contribution in [1.29, 1.82) is 0 Å². The first-order chi connectivity index (χ1) is 13.0. The molecule has 0 aliphatic carbocycles. The van der Waals surface area contributed by atoms with E-state index in [0.717, 1.165) is 37.2 Å². The Morgan fingerprint density at radius 1 is 1.04 bits per heavy atom. The quantitative estimate of drug-likeness (QED) is 0.797. The molecule has 2 aromatic rings. The van der Waals surface area contributed by atoms with Gasteiger partial charge < -0.3 is 16.0 Å². The van der Waals surface area contributed by atoms with Gasteiger partial charge in [-0.3, -0.25) is 9.59 Å². The Kier molecular flexibility index (Phi) is 5.86. The molecule has 0 spiro atoms. The van der Waals surface area contributed by atoms with Gasteiger partial charge in [0.15, 0.2) is 0 Å². The molecule has 0 saturated carbocycles. The average molecular weight is 367 g/mol. The first-order valence-electron chi connectivity index (χ1n) is 8.90. The maximum Gasteiger partial charge on any atom is 0.248 e. The molecule has 3 rings (SSSR count). The van der Waals surface area contributed by atoms with E-state index in [9.17, 15) is 14.0 Å². The minimum atomic E-state index is -0.310. The van der Waals surface area contributed by atoms with E-state index in [0.29, 0.717) is 5.69 Å². The molecule has 0 aromatic heterocycles. The van der Waals surface area contributed by atoms with Gasteiger partial charge in [0.05, 0.1) is 0 Å². The highest BCUT2D eigenvalue weighted by atomic mass is 19.1. The van der Waals surface area contributed by atoms with Crippen molar-refractivity contribution in [3.05, 3.63) is 66.0 Å². The summed E-state index contributed by atoms with van der Waals surface area (Å²) in [6.45, 7) is 1.58. The van der Waals surface area contributed by atoms with Crippen LogP contribution in [0.3, 0.4) is 0 Å². The smallest absolute Gasteiger partial charge is 0.248 e. The Morgan fingerprint density at radius 2 is 1.67 bits per heavy atom. The monoisotopic (exact) mass is 367 g/mol. The SMILES string of the molecule is NC(=O)C1CCN(c2ccc(NC(=O)C=Cc3ccc(F)cc3)cc2)CC1. The van der Waals surface area contributed by atoms with Crippen molar-refractivity contribution in [1.82, 2.24) is 0 Å². The molecule has 1 saturated heterocycles. The Bertz CT molecular complexity index is 824. The van der Waals surface area contributed by atoms with E-state index in [1.54, 1.807) is 18.2 Å². The van der Waals surface area contributed by atoms with E-state index in [1.807, 2.05) is 24.3 Å². The molecule has 1 fully saturated rings. The number of piperidine rings is 1. The zero-order valence-electron chi connectivity index (χ0n) is 14.9. The van der Waals surface area contributed by atoms with Crippen molar-refractivity contribution >= 4 is 29.3 Å². The third kappa shape index (κ3) is 5.17. The van der Waals surface area contributed by atoms with Gasteiger partial charge in [0, 0.05) is 36.5 Å². The maximum absolute atomic E-state index is 12.9. The number of nitrogens with two attached hydrogens (primary N) is 1. The predicted octanol–water partition coefficient (Wildman–Crippen LogP) is 3.18. The summed E-state index contributed by atoms with van der Waals surface area (Å²) in [4.78, 5) is 25.5. The second kappa shape index (κ2) is 8.49. The number of primary amides is 1. The molecule has 6 heteroatoms. The van der Waals surface area contributed by atoms with Crippen LogP contribution < -0.4 is 16.0 Å². The Hall–Kier alpha value is -3.15. The second-order valence-electron chi connectivity index (χ2n) is 6.58. The molecule has 0 atom stereocenters. The van der Waals surface area contributed by atoms with Crippen molar-refractivity contribution in [3.8, 4) is 0 Å². The summed E-state index contributed by atoms with van der Waals surface area (Å²) >= 11 is 0. The first-order valence-corrected chi connectivity index (χ1v) is 8.90. The number of carbonyl (C=O) groups is 2. The first kappa shape index (κ1) is 18.6. The van der Waals surface area contributed by atoms with Crippen LogP contribution in [0.4, 0.5) is 15.8 Å². The van der Waals surface area contributed by atoms with Gasteiger partial charge in [-0.1, -0.05) is 12.1 Å². The zero-order valence-corrected chi connectivity index (χ0v) is 14.9. The molecule has 0 bridgehead atoms. The van der Waals surface area contributed by atoms with Crippen LogP contribution in [0.25, 0.3) is 6.08 Å². The lowest BCUT2D eigenvalue weighted by Gasteiger charge is -2.32. The maximum atomic E-state index is 12.9. The highest BCUT2D eigenvalue weighted by molar-refractivity contribution is 6.02. The average Bonchev–Trinajstić information content (AvgIpc) is 2.68. The fourth-order valence-corrected chi connectivity index (χ4v) is 3.11. The molecule has 2 aromatic carbocycles. The summed E-state index contributed by atoms with van der Waals surface area (Å²) in [5.74, 6) is -0.820. The number of nitrogens with zero attached hydrogens (tertiary/aromatic N) is 1. The van der Waals surface area contributed by atoms with E-state index < -0.39 is 0 Å². The molecule has 0 radical (unpaired) electrons. The van der Waals surface area contributed by atoms with E-state index in [-0.39, 0.29) is 23.5 Å². The summed E-state index contributed by atoms with van der Waals surface area (Å²) in [5.41, 5.74) is 7.86. The summed E-state index contributed by atoms with van der Waals surface area (Å²) in [7, 11) is 0. The van der Waals surface area contributed by atoms with Crippen molar-refractivity contribution in [2.75, 3.05) is 23.3 Å². The third-order valence-corrected chi connectivity index (χ3v) is 4.69. The van der Waals surface area contributed by atoms with Gasteiger partial charge in [-0.25, -0.2) is 4.39 Å². The van der Waals surface area contributed by atoms with Crippen molar-refractivity contribution in [3.63, 3.8) is 0 Å². The number of anilines is 2. The van der Waals surface area contributed by atoms with Crippen molar-refractivity contribution in [2.45, 2.75) is 12.8 Å². The van der Waals surface area contributed by atoms with Crippen molar-refractivity contribution < 1.29 is 14.0 Å². The van der Waals surface area contributed by atoms with Crippen LogP contribution in [0.15, 0.2) is 54.6 Å². The zero-order chi connectivity index (χ0) is 19.2. The summed E-state index contributed by atoms with van der Waals surface area (Å²) in [5, 5.41) is 2.80. The fraction of sp³-hybridized carbons (Fsp3) is 0.238. The largest absolute Gasteiger partial charge is 0.371 e. The fourth-order valence-electron chi connectivity index (χ4n) is 3.11. The van der Waals surface area contributed by atoms with Crippen LogP contribution in [0, 0.1) is 11.7 Å². The minimum absolute atomic E-state index is 0.0345. The van der Waals surface area contributed by atoms with Gasteiger partial charge in [0.25, 0.3) is 0 Å². The number of rotatable bonds is 5. The van der Waals surface area contributed by atoms with E-state index in [1.165, 1.54) is 18.2 Å². The molecule has 5 nitrogen and oxygen atoms in total. The number of amides is 2. The molecule has 0 unspecified atom stereocenters. The lowest BCUT2D eigenvalue weighted by molar-refractivity contribution is -0.122. The molecule has 3 N–H and O–H groups in total. The molecular weight excluding hydrogens is 345 g/mol. The third-order valence-electron chi connectivity index (χ3n) is 4.69. The van der Waals surface area contributed by atoms with Gasteiger partial charge in [0.2, 0.25) is 11.8 Å². The van der Waals surface area contributed by atoms with E-state index in [2.05, 4.69) is 10.2 Å². The lowest BCUT2D eigenvalue weighted by atomic mass is 9.96. The van der Waals surface area contributed by atoms with Gasteiger partial charge in [-0.2, -0.15) is 0 Å². The summed E-state index contributed by atoms with van der Waals surface area (Å²) in [6, 6.07) is 13.5. The lowest BCUT2D eigenvalue weighted by Crippen LogP contribution is -2.38. The van der Waals surface area contributed by atoms with E-state index >= 15 is 0 Å². The molecule has 1 aliphatic rings. The van der Waals surface area contributed by atoms with Crippen LogP contribution in [-0.4, -0.2) is 24.9 Å². The van der Waals surface area contributed by atoms with Gasteiger partial charge in [0.1, 0.15) is 5.82 Å². The molecule has 27 heavy (non-hydrogen) atoms. The van der Waals surface area contributed by atoms with Crippen LogP contribution in [0.5, 0.6) is 0 Å². The normalized spacial score (nSPS) is 15.1. The minimum Gasteiger partial charge on any atom is -0.371 e. The number of hydrogen-bond donors (Lipinski definition) is 2. The van der Waals surface area contributed by atoms with Crippen LogP contribution in [0.2, 0.25) is 0 Å². The highest BCUT2D eigenvalue weighted by Crippen LogP contribution is 2.24. The molecule has 2 amide bonds. The molecule has 1 heterocycles. The second-order valence-corrected chi connectivity index (χ2v) is 6.58. The van der Waals surface area contributed by atoms with Gasteiger partial charge in [-0.15, -0.1) is 0 Å². The van der Waals surface area contributed by atoms with Crippen molar-refractivity contribution in [2.24, 2.45) is 11.7 Å². The standard InChI is InChI=1S/C21H22FN3O2/c22-17-4-1-15(2-5-17)3-10-20(26)24-18-6-8-19(9-7-18)25-13-11-16(12-14-25)21(23)27/h1-10,16H,11-14H2,(H2,23,27)(H,24,26). The highest BCUT2D eigenvalue weighted by Gasteiger charge is 2.23. The van der Waals surface area contributed by atoms with Gasteiger partial charge in [-0.05, 0) is 60.9 Å². The Morgan fingerprint density at radius 3 is 2.26 bits per heavy atom. The summed E-state index contributed by atoms with van der Waals surface area (Å²) in [6.07, 6.45) is 4.58. The number of hydrogen-bond acceptors (Lipinski definition) is 3.